The first kappa shape index (κ1) is 14.9. The standard InChI is InChI=1S/C18H18O3/c1-13-5-4-6-17(14(13)2)21-18(19)12-9-15-7-10-16(20-3)11-8-15/h4-12H,1-3H3. The average molecular weight is 282 g/mol. The van der Waals surface area contributed by atoms with Gasteiger partial charge in [-0.1, -0.05) is 24.3 Å². The molecule has 0 aliphatic carbocycles. The molecule has 0 bridgehead atoms. The van der Waals surface area contributed by atoms with Gasteiger partial charge >= 0.3 is 5.97 Å². The van der Waals surface area contributed by atoms with E-state index < -0.39 is 0 Å². The maximum Gasteiger partial charge on any atom is 0.336 e. The molecular weight excluding hydrogens is 264 g/mol. The highest BCUT2D eigenvalue weighted by atomic mass is 16.5. The van der Waals surface area contributed by atoms with Gasteiger partial charge in [-0.2, -0.15) is 0 Å². The van der Waals surface area contributed by atoms with Gasteiger partial charge in [0.15, 0.2) is 0 Å². The second-order valence-corrected chi connectivity index (χ2v) is 4.73. The molecule has 0 spiro atoms. The summed E-state index contributed by atoms with van der Waals surface area (Å²) in [5.74, 6) is 0.990. The molecule has 0 amide bonds. The summed E-state index contributed by atoms with van der Waals surface area (Å²) in [6, 6.07) is 13.1. The summed E-state index contributed by atoms with van der Waals surface area (Å²) < 4.78 is 10.4. The Morgan fingerprint density at radius 1 is 1.05 bits per heavy atom. The summed E-state index contributed by atoms with van der Waals surface area (Å²) >= 11 is 0. The van der Waals surface area contributed by atoms with Gasteiger partial charge in [-0.05, 0) is 54.8 Å². The minimum Gasteiger partial charge on any atom is -0.497 e. The minimum absolute atomic E-state index is 0.389. The van der Waals surface area contributed by atoms with Crippen LogP contribution < -0.4 is 9.47 Å². The fourth-order valence-electron chi connectivity index (χ4n) is 1.86. The number of carbonyl (C=O) groups is 1. The van der Waals surface area contributed by atoms with Gasteiger partial charge in [0, 0.05) is 6.08 Å². The summed E-state index contributed by atoms with van der Waals surface area (Å²) in [6.45, 7) is 3.92. The van der Waals surface area contributed by atoms with Crippen LogP contribution >= 0.6 is 0 Å². The number of hydrogen-bond donors (Lipinski definition) is 0. The highest BCUT2D eigenvalue weighted by Crippen LogP contribution is 2.21. The number of methoxy groups -OCH3 is 1. The normalized spacial score (nSPS) is 10.6. The Kier molecular flexibility index (Phi) is 4.77. The lowest BCUT2D eigenvalue weighted by molar-refractivity contribution is -0.128. The van der Waals surface area contributed by atoms with E-state index in [0.717, 1.165) is 22.4 Å². The van der Waals surface area contributed by atoms with Crippen LogP contribution in [0.1, 0.15) is 16.7 Å². The molecule has 21 heavy (non-hydrogen) atoms. The topological polar surface area (TPSA) is 35.5 Å². The molecule has 0 radical (unpaired) electrons. The van der Waals surface area contributed by atoms with E-state index in [2.05, 4.69) is 0 Å². The van der Waals surface area contributed by atoms with Gasteiger partial charge in [0.2, 0.25) is 0 Å². The van der Waals surface area contributed by atoms with E-state index in [0.29, 0.717) is 5.75 Å². The van der Waals surface area contributed by atoms with Crippen LogP contribution in [0.2, 0.25) is 0 Å². The molecule has 0 unspecified atom stereocenters. The van der Waals surface area contributed by atoms with Gasteiger partial charge < -0.3 is 9.47 Å². The zero-order valence-electron chi connectivity index (χ0n) is 12.4. The molecule has 0 atom stereocenters. The Bertz CT molecular complexity index is 655. The van der Waals surface area contributed by atoms with Crippen LogP contribution in [0.15, 0.2) is 48.5 Å². The Morgan fingerprint density at radius 2 is 1.76 bits per heavy atom. The van der Waals surface area contributed by atoms with E-state index >= 15 is 0 Å². The summed E-state index contributed by atoms with van der Waals surface area (Å²) in [5, 5.41) is 0. The maximum atomic E-state index is 11.8. The highest BCUT2D eigenvalue weighted by molar-refractivity contribution is 5.88. The summed E-state index contributed by atoms with van der Waals surface area (Å²) in [6.07, 6.45) is 3.14. The Morgan fingerprint density at radius 3 is 2.43 bits per heavy atom. The number of rotatable bonds is 4. The number of benzene rings is 2. The Hall–Kier alpha value is -2.55. The fraction of sp³-hybridized carbons (Fsp3) is 0.167. The van der Waals surface area contributed by atoms with Crippen LogP contribution in [0, 0.1) is 13.8 Å². The second-order valence-electron chi connectivity index (χ2n) is 4.73. The van der Waals surface area contributed by atoms with Gasteiger partial charge in [0.05, 0.1) is 7.11 Å². The van der Waals surface area contributed by atoms with Crippen molar-refractivity contribution in [2.45, 2.75) is 13.8 Å². The minimum atomic E-state index is -0.389. The van der Waals surface area contributed by atoms with Crippen LogP contribution in [0.3, 0.4) is 0 Å². The average Bonchev–Trinajstić information content (AvgIpc) is 2.50. The highest BCUT2D eigenvalue weighted by Gasteiger charge is 2.05. The number of hydrogen-bond acceptors (Lipinski definition) is 3. The third-order valence-corrected chi connectivity index (χ3v) is 3.29. The quantitative estimate of drug-likeness (QED) is 0.484. The summed E-state index contributed by atoms with van der Waals surface area (Å²) in [5.41, 5.74) is 2.98. The zero-order valence-corrected chi connectivity index (χ0v) is 12.4. The molecule has 0 saturated carbocycles. The molecule has 3 nitrogen and oxygen atoms in total. The van der Waals surface area contributed by atoms with Gasteiger partial charge in [-0.25, -0.2) is 4.79 Å². The van der Waals surface area contributed by atoms with E-state index in [-0.39, 0.29) is 5.97 Å². The van der Waals surface area contributed by atoms with Crippen molar-refractivity contribution in [3.8, 4) is 11.5 Å². The lowest BCUT2D eigenvalue weighted by Crippen LogP contribution is -2.05. The van der Waals surface area contributed by atoms with Crippen molar-refractivity contribution >= 4 is 12.0 Å². The first-order chi connectivity index (χ1) is 10.1. The van der Waals surface area contributed by atoms with Gasteiger partial charge in [-0.3, -0.25) is 0 Å². The zero-order chi connectivity index (χ0) is 15.2. The monoisotopic (exact) mass is 282 g/mol. The van der Waals surface area contributed by atoms with Gasteiger partial charge in [0.1, 0.15) is 11.5 Å². The number of esters is 1. The maximum absolute atomic E-state index is 11.8. The smallest absolute Gasteiger partial charge is 0.336 e. The van der Waals surface area contributed by atoms with Crippen molar-refractivity contribution in [1.82, 2.24) is 0 Å². The molecule has 2 aromatic carbocycles. The molecule has 0 aromatic heterocycles. The second kappa shape index (κ2) is 6.75. The lowest BCUT2D eigenvalue weighted by atomic mass is 10.1. The van der Waals surface area contributed by atoms with Gasteiger partial charge in [-0.15, -0.1) is 0 Å². The third kappa shape index (κ3) is 3.96. The van der Waals surface area contributed by atoms with Crippen molar-refractivity contribution in [3.05, 3.63) is 65.2 Å². The first-order valence-corrected chi connectivity index (χ1v) is 6.70. The predicted octanol–water partition coefficient (Wildman–Crippen LogP) is 3.93. The van der Waals surface area contributed by atoms with Crippen LogP contribution in [0.5, 0.6) is 11.5 Å². The molecule has 2 aromatic rings. The molecular formula is C18H18O3. The van der Waals surface area contributed by atoms with Crippen LogP contribution in [0.4, 0.5) is 0 Å². The van der Waals surface area contributed by atoms with Crippen LogP contribution in [-0.4, -0.2) is 13.1 Å². The molecule has 108 valence electrons. The third-order valence-electron chi connectivity index (χ3n) is 3.29. The van der Waals surface area contributed by atoms with Crippen LogP contribution in [-0.2, 0) is 4.79 Å². The van der Waals surface area contributed by atoms with Crippen molar-refractivity contribution in [3.63, 3.8) is 0 Å². The molecule has 0 heterocycles. The largest absolute Gasteiger partial charge is 0.497 e. The Labute approximate surface area is 124 Å². The molecule has 0 fully saturated rings. The first-order valence-electron chi connectivity index (χ1n) is 6.70. The molecule has 3 heteroatoms. The van der Waals surface area contributed by atoms with Crippen molar-refractivity contribution in [1.29, 1.82) is 0 Å². The molecule has 0 saturated heterocycles. The van der Waals surface area contributed by atoms with Crippen molar-refractivity contribution in [2.75, 3.05) is 7.11 Å². The molecule has 0 aliphatic heterocycles. The molecule has 0 N–H and O–H groups in total. The summed E-state index contributed by atoms with van der Waals surface area (Å²) in [7, 11) is 1.62. The van der Waals surface area contributed by atoms with E-state index in [1.165, 1.54) is 6.08 Å². The fourth-order valence-corrected chi connectivity index (χ4v) is 1.86. The number of carbonyl (C=O) groups excluding carboxylic acids is 1. The van der Waals surface area contributed by atoms with Crippen LogP contribution in [0.25, 0.3) is 6.08 Å². The van der Waals surface area contributed by atoms with E-state index in [9.17, 15) is 4.79 Å². The Balaban J connectivity index is 2.03. The van der Waals surface area contributed by atoms with Crippen molar-refractivity contribution in [2.24, 2.45) is 0 Å². The summed E-state index contributed by atoms with van der Waals surface area (Å²) in [4.78, 5) is 11.8. The lowest BCUT2D eigenvalue weighted by Gasteiger charge is -2.07. The molecule has 2 rings (SSSR count). The predicted molar refractivity (Wildman–Crippen MR) is 83.6 cm³/mol. The number of ether oxygens (including phenoxy) is 2. The van der Waals surface area contributed by atoms with E-state index in [4.69, 9.17) is 9.47 Å². The van der Waals surface area contributed by atoms with Crippen molar-refractivity contribution < 1.29 is 14.3 Å². The SMILES string of the molecule is COc1ccc(C=CC(=O)Oc2cccc(C)c2C)cc1. The number of aryl methyl sites for hydroxylation is 1. The van der Waals surface area contributed by atoms with Gasteiger partial charge in [0.25, 0.3) is 0 Å². The molecule has 0 aliphatic rings. The van der Waals surface area contributed by atoms with E-state index in [1.54, 1.807) is 19.3 Å². The van der Waals surface area contributed by atoms with E-state index in [1.807, 2.05) is 50.2 Å².